The van der Waals surface area contributed by atoms with Crippen LogP contribution in [0.4, 0.5) is 0 Å². The van der Waals surface area contributed by atoms with Gasteiger partial charge in [-0.1, -0.05) is 75.8 Å². The Bertz CT molecular complexity index is 1240. The third-order valence-corrected chi connectivity index (χ3v) is 10.3. The van der Waals surface area contributed by atoms with E-state index in [0.717, 1.165) is 36.0 Å². The molecular weight excluding hydrogens is 544 g/mol. The topological polar surface area (TPSA) is 113 Å². The molecule has 0 heterocycles. The molecule has 3 rings (SSSR count). The molecule has 1 saturated carbocycles. The second-order valence-corrected chi connectivity index (χ2v) is 13.9. The Morgan fingerprint density at radius 1 is 1.05 bits per heavy atom. The van der Waals surface area contributed by atoms with E-state index in [2.05, 4.69) is 10.0 Å². The maximum absolute atomic E-state index is 13.4. The Labute approximate surface area is 244 Å². The fraction of sp³-hybridized carbons (Fsp3) is 0.548. The molecule has 0 radical (unpaired) electrons. The predicted octanol–water partition coefficient (Wildman–Crippen LogP) is 6.16. The number of carbonyl (C=O) groups is 2. The minimum Gasteiger partial charge on any atom is -0.480 e. The number of thioether (sulfide) groups is 1. The van der Waals surface area contributed by atoms with E-state index in [1.165, 1.54) is 31.0 Å². The van der Waals surface area contributed by atoms with Gasteiger partial charge in [0, 0.05) is 12.1 Å². The van der Waals surface area contributed by atoms with E-state index in [1.54, 1.807) is 12.1 Å². The third kappa shape index (κ3) is 9.08. The van der Waals surface area contributed by atoms with E-state index in [4.69, 9.17) is 0 Å². The number of carboxylic acids is 1. The van der Waals surface area contributed by atoms with Crippen molar-refractivity contribution in [1.29, 1.82) is 0 Å². The number of hydrogen-bond donors (Lipinski definition) is 3. The first-order valence-corrected chi connectivity index (χ1v) is 17.3. The Balaban J connectivity index is 1.85. The van der Waals surface area contributed by atoms with Crippen molar-refractivity contribution in [2.24, 2.45) is 5.92 Å². The number of sulfonamides is 1. The average Bonchev–Trinajstić information content (AvgIpc) is 2.94. The quantitative estimate of drug-likeness (QED) is 0.230. The standard InChI is InChI=1S/C31H44N2O5S2/c1-4-10-25(19-23-12-6-5-7-13-23)40(37,38)32-21-24-15-16-27(28(20-24)26-14-9-8-11-22(26)2)30(34)33-29(31(35)36)17-18-39-3/h8-9,11,14-16,20,23,25,29,32H,4-7,10,12-13,17-19,21H2,1-3H3,(H,33,34)(H,35,36). The second kappa shape index (κ2) is 15.6. The van der Waals surface area contributed by atoms with Gasteiger partial charge in [-0.2, -0.15) is 11.8 Å². The molecule has 7 nitrogen and oxygen atoms in total. The molecule has 0 spiro atoms. The summed E-state index contributed by atoms with van der Waals surface area (Å²) in [4.78, 5) is 25.1. The molecule has 3 N–H and O–H groups in total. The number of aliphatic carboxylic acids is 1. The van der Waals surface area contributed by atoms with E-state index < -0.39 is 33.2 Å². The van der Waals surface area contributed by atoms with Crippen LogP contribution in [-0.4, -0.2) is 48.7 Å². The van der Waals surface area contributed by atoms with Gasteiger partial charge in [-0.25, -0.2) is 17.9 Å². The summed E-state index contributed by atoms with van der Waals surface area (Å²) in [6.07, 6.45) is 10.2. The van der Waals surface area contributed by atoms with Gasteiger partial charge in [0.2, 0.25) is 10.0 Å². The normalized spacial score (nSPS) is 15.9. The average molecular weight is 589 g/mol. The minimum absolute atomic E-state index is 0.124. The zero-order valence-corrected chi connectivity index (χ0v) is 25.6. The summed E-state index contributed by atoms with van der Waals surface area (Å²) >= 11 is 1.53. The lowest BCUT2D eigenvalue weighted by Gasteiger charge is -2.26. The molecule has 2 atom stereocenters. The summed E-state index contributed by atoms with van der Waals surface area (Å²) < 4.78 is 29.6. The molecule has 1 amide bonds. The first-order valence-electron chi connectivity index (χ1n) is 14.4. The molecule has 220 valence electrons. The molecule has 1 fully saturated rings. The summed E-state index contributed by atoms with van der Waals surface area (Å²) in [6, 6.07) is 11.9. The molecule has 0 aromatic heterocycles. The van der Waals surface area contributed by atoms with Crippen molar-refractivity contribution in [2.75, 3.05) is 12.0 Å². The van der Waals surface area contributed by atoms with Crippen LogP contribution < -0.4 is 10.0 Å². The van der Waals surface area contributed by atoms with Gasteiger partial charge in [-0.05, 0) is 78.5 Å². The van der Waals surface area contributed by atoms with Crippen molar-refractivity contribution in [2.45, 2.75) is 89.5 Å². The maximum Gasteiger partial charge on any atom is 0.326 e. The fourth-order valence-corrected chi connectivity index (χ4v) is 7.69. The lowest BCUT2D eigenvalue weighted by Crippen LogP contribution is -2.41. The van der Waals surface area contributed by atoms with Gasteiger partial charge in [-0.15, -0.1) is 0 Å². The van der Waals surface area contributed by atoms with Crippen LogP contribution in [0.5, 0.6) is 0 Å². The molecule has 2 aromatic rings. The lowest BCUT2D eigenvalue weighted by atomic mass is 9.85. The van der Waals surface area contributed by atoms with E-state index in [0.29, 0.717) is 42.1 Å². The molecule has 1 aliphatic rings. The first-order chi connectivity index (χ1) is 19.2. The van der Waals surface area contributed by atoms with Crippen LogP contribution in [0, 0.1) is 12.8 Å². The predicted molar refractivity (Wildman–Crippen MR) is 164 cm³/mol. The van der Waals surface area contributed by atoms with E-state index in [1.807, 2.05) is 50.4 Å². The van der Waals surface area contributed by atoms with Crippen molar-refractivity contribution in [3.8, 4) is 11.1 Å². The minimum atomic E-state index is -3.53. The van der Waals surface area contributed by atoms with Crippen LogP contribution >= 0.6 is 11.8 Å². The molecule has 0 bridgehead atoms. The zero-order valence-electron chi connectivity index (χ0n) is 23.9. The summed E-state index contributed by atoms with van der Waals surface area (Å²) in [7, 11) is -3.53. The van der Waals surface area contributed by atoms with Gasteiger partial charge < -0.3 is 10.4 Å². The van der Waals surface area contributed by atoms with Crippen LogP contribution in [0.1, 0.15) is 86.2 Å². The Hall–Kier alpha value is -2.36. The first kappa shape index (κ1) is 32.2. The number of carbonyl (C=O) groups excluding carboxylic acids is 1. The summed E-state index contributed by atoms with van der Waals surface area (Å²) in [5, 5.41) is 11.9. The van der Waals surface area contributed by atoms with Gasteiger partial charge in [0.25, 0.3) is 5.91 Å². The summed E-state index contributed by atoms with van der Waals surface area (Å²) in [5.74, 6) is -0.450. The molecule has 1 aliphatic carbocycles. The highest BCUT2D eigenvalue weighted by Gasteiger charge is 2.29. The Kier molecular flexibility index (Phi) is 12.5. The van der Waals surface area contributed by atoms with Gasteiger partial charge in [0.15, 0.2) is 0 Å². The fourth-order valence-electron chi connectivity index (χ4n) is 5.54. The second-order valence-electron chi connectivity index (χ2n) is 10.9. The van der Waals surface area contributed by atoms with Crippen LogP contribution in [0.3, 0.4) is 0 Å². The molecule has 0 aliphatic heterocycles. The Morgan fingerprint density at radius 2 is 1.77 bits per heavy atom. The summed E-state index contributed by atoms with van der Waals surface area (Å²) in [6.45, 7) is 4.10. The number of benzene rings is 2. The van der Waals surface area contributed by atoms with Gasteiger partial charge in [-0.3, -0.25) is 4.79 Å². The number of carboxylic acid groups (broad SMARTS) is 1. The molecule has 40 heavy (non-hydrogen) atoms. The third-order valence-electron chi connectivity index (χ3n) is 7.83. The van der Waals surface area contributed by atoms with Gasteiger partial charge >= 0.3 is 5.97 Å². The summed E-state index contributed by atoms with van der Waals surface area (Å²) in [5.41, 5.74) is 3.55. The number of rotatable bonds is 15. The number of nitrogens with one attached hydrogen (secondary N) is 2. The molecule has 2 aromatic carbocycles. The van der Waals surface area contributed by atoms with E-state index in [9.17, 15) is 23.1 Å². The largest absolute Gasteiger partial charge is 0.480 e. The lowest BCUT2D eigenvalue weighted by molar-refractivity contribution is -0.139. The molecule has 0 saturated heterocycles. The van der Waals surface area contributed by atoms with E-state index in [-0.39, 0.29) is 6.54 Å². The van der Waals surface area contributed by atoms with Crippen molar-refractivity contribution in [1.82, 2.24) is 10.0 Å². The molecule has 9 heteroatoms. The number of hydrogen-bond acceptors (Lipinski definition) is 5. The highest BCUT2D eigenvalue weighted by Crippen LogP contribution is 2.31. The van der Waals surface area contributed by atoms with Gasteiger partial charge in [0.1, 0.15) is 6.04 Å². The monoisotopic (exact) mass is 588 g/mol. The number of amides is 1. The van der Waals surface area contributed by atoms with Crippen molar-refractivity contribution in [3.63, 3.8) is 0 Å². The highest BCUT2D eigenvalue weighted by molar-refractivity contribution is 7.98. The number of aryl methyl sites for hydroxylation is 1. The maximum atomic E-state index is 13.4. The Morgan fingerprint density at radius 3 is 2.42 bits per heavy atom. The van der Waals surface area contributed by atoms with Crippen LogP contribution in [0.15, 0.2) is 42.5 Å². The highest BCUT2D eigenvalue weighted by atomic mass is 32.2. The van der Waals surface area contributed by atoms with Crippen molar-refractivity contribution >= 4 is 33.7 Å². The SMILES string of the molecule is CCCC(CC1CCCCC1)S(=O)(=O)NCc1ccc(C(=O)NC(CCSC)C(=O)O)c(-c2ccccc2C)c1. The van der Waals surface area contributed by atoms with Crippen LogP contribution in [0.25, 0.3) is 11.1 Å². The molecule has 2 unspecified atom stereocenters. The smallest absolute Gasteiger partial charge is 0.326 e. The van der Waals surface area contributed by atoms with Crippen LogP contribution in [-0.2, 0) is 21.4 Å². The zero-order chi connectivity index (χ0) is 29.1. The van der Waals surface area contributed by atoms with Crippen LogP contribution in [0.2, 0.25) is 0 Å². The molecular formula is C31H44N2O5S2. The van der Waals surface area contributed by atoms with E-state index >= 15 is 0 Å². The van der Waals surface area contributed by atoms with Gasteiger partial charge in [0.05, 0.1) is 5.25 Å². The van der Waals surface area contributed by atoms with Crippen molar-refractivity contribution in [3.05, 3.63) is 59.2 Å². The van der Waals surface area contributed by atoms with Crippen molar-refractivity contribution < 1.29 is 23.1 Å².